The Morgan fingerprint density at radius 3 is 2.19 bits per heavy atom. The Balaban J connectivity index is 1.88. The number of benzene rings is 3. The first kappa shape index (κ1) is 22.7. The third-order valence-corrected chi connectivity index (χ3v) is 6.44. The second kappa shape index (κ2) is 8.99. The van der Waals surface area contributed by atoms with Gasteiger partial charge in [-0.15, -0.1) is 0 Å². The van der Waals surface area contributed by atoms with E-state index in [0.717, 1.165) is 11.1 Å². The number of anilines is 2. The molecule has 0 aromatic heterocycles. The fourth-order valence-electron chi connectivity index (χ4n) is 3.22. The summed E-state index contributed by atoms with van der Waals surface area (Å²) < 4.78 is 33.7. The van der Waals surface area contributed by atoms with Crippen molar-refractivity contribution >= 4 is 38.9 Å². The largest absolute Gasteiger partial charge is 0.495 e. The summed E-state index contributed by atoms with van der Waals surface area (Å²) in [5.74, 6) is 0.0323. The van der Waals surface area contributed by atoms with Gasteiger partial charge in [-0.25, -0.2) is 8.42 Å². The van der Waals surface area contributed by atoms with Gasteiger partial charge in [0.25, 0.3) is 15.9 Å². The van der Waals surface area contributed by atoms with Crippen molar-refractivity contribution in [1.29, 1.82) is 0 Å². The third-order valence-electron chi connectivity index (χ3n) is 4.62. The predicted molar refractivity (Wildman–Crippen MR) is 124 cm³/mol. The Morgan fingerprint density at radius 1 is 0.903 bits per heavy atom. The lowest BCUT2D eigenvalue weighted by Crippen LogP contribution is -2.17. The molecule has 0 fully saturated rings. The highest BCUT2D eigenvalue weighted by atomic mass is 35.5. The molecular weight excluding hydrogens is 436 g/mol. The fraction of sp³-hybridized carbons (Fsp3) is 0.174. The zero-order chi connectivity index (χ0) is 22.8. The Hall–Kier alpha value is -3.03. The molecule has 0 aliphatic heterocycles. The third kappa shape index (κ3) is 5.37. The maximum atomic E-state index is 13.0. The van der Waals surface area contributed by atoms with Crippen LogP contribution in [0.2, 0.25) is 5.02 Å². The number of rotatable bonds is 6. The van der Waals surface area contributed by atoms with E-state index in [4.69, 9.17) is 16.3 Å². The molecule has 0 aliphatic carbocycles. The van der Waals surface area contributed by atoms with E-state index in [1.165, 1.54) is 13.2 Å². The van der Waals surface area contributed by atoms with Gasteiger partial charge in [0, 0.05) is 16.9 Å². The van der Waals surface area contributed by atoms with Gasteiger partial charge in [0.1, 0.15) is 5.75 Å². The van der Waals surface area contributed by atoms with E-state index in [1.807, 2.05) is 19.9 Å². The topological polar surface area (TPSA) is 84.5 Å². The highest BCUT2D eigenvalue weighted by molar-refractivity contribution is 7.92. The molecule has 2 N–H and O–H groups in total. The van der Waals surface area contributed by atoms with Crippen LogP contribution in [-0.2, 0) is 10.0 Å². The highest BCUT2D eigenvalue weighted by Gasteiger charge is 2.20. The number of aryl methyl sites for hydroxylation is 3. The Morgan fingerprint density at radius 2 is 1.58 bits per heavy atom. The second-order valence-electron chi connectivity index (χ2n) is 7.27. The minimum atomic E-state index is -3.89. The fourth-order valence-corrected chi connectivity index (χ4v) is 4.79. The average molecular weight is 459 g/mol. The van der Waals surface area contributed by atoms with Gasteiger partial charge in [-0.2, -0.15) is 0 Å². The summed E-state index contributed by atoms with van der Waals surface area (Å²) in [6.07, 6.45) is 0. The van der Waals surface area contributed by atoms with E-state index in [0.29, 0.717) is 27.7 Å². The first-order valence-corrected chi connectivity index (χ1v) is 11.3. The van der Waals surface area contributed by atoms with Crippen LogP contribution in [0.15, 0.2) is 59.5 Å². The summed E-state index contributed by atoms with van der Waals surface area (Å²) in [5.41, 5.74) is 3.56. The summed E-state index contributed by atoms with van der Waals surface area (Å²) in [7, 11) is -2.39. The zero-order valence-electron chi connectivity index (χ0n) is 17.6. The molecule has 0 bridgehead atoms. The molecule has 162 valence electrons. The lowest BCUT2D eigenvalue weighted by atomic mass is 10.1. The van der Waals surface area contributed by atoms with Crippen LogP contribution in [0.1, 0.15) is 27.0 Å². The van der Waals surface area contributed by atoms with E-state index in [1.54, 1.807) is 49.4 Å². The van der Waals surface area contributed by atoms with Crippen molar-refractivity contribution in [2.45, 2.75) is 25.7 Å². The van der Waals surface area contributed by atoms with Crippen molar-refractivity contribution in [2.75, 3.05) is 17.1 Å². The molecule has 3 aromatic rings. The number of ether oxygens (including phenoxy) is 1. The predicted octanol–water partition coefficient (Wildman–Crippen LogP) is 5.33. The van der Waals surface area contributed by atoms with Crippen LogP contribution in [-0.4, -0.2) is 21.4 Å². The molecule has 3 rings (SSSR count). The number of halogens is 1. The standard InChI is InChI=1S/C23H23ClN2O4S/c1-14-9-15(2)11-19(10-14)26-31(28,29)22-12-17(6-5-16(22)3)23(27)25-18-7-8-21(30-4)20(24)13-18/h5-13,26H,1-4H3,(H,25,27). The maximum Gasteiger partial charge on any atom is 0.262 e. The quantitative estimate of drug-likeness (QED) is 0.523. The van der Waals surface area contributed by atoms with Crippen molar-refractivity contribution in [1.82, 2.24) is 0 Å². The van der Waals surface area contributed by atoms with Crippen LogP contribution < -0.4 is 14.8 Å². The Labute approximate surface area is 187 Å². The SMILES string of the molecule is COc1ccc(NC(=O)c2ccc(C)c(S(=O)(=O)Nc3cc(C)cc(C)c3)c2)cc1Cl. The first-order valence-electron chi connectivity index (χ1n) is 9.46. The molecule has 0 spiro atoms. The van der Waals surface area contributed by atoms with Crippen molar-refractivity contribution in [3.8, 4) is 5.75 Å². The van der Waals surface area contributed by atoms with Gasteiger partial charge in [0.2, 0.25) is 0 Å². The number of sulfonamides is 1. The molecule has 0 unspecified atom stereocenters. The molecule has 0 saturated heterocycles. The van der Waals surface area contributed by atoms with Gasteiger partial charge in [-0.05, 0) is 79.9 Å². The number of amides is 1. The molecule has 31 heavy (non-hydrogen) atoms. The van der Waals surface area contributed by atoms with Crippen molar-refractivity contribution in [3.05, 3.63) is 81.9 Å². The summed E-state index contributed by atoms with van der Waals surface area (Å²) in [6.45, 7) is 5.47. The smallest absolute Gasteiger partial charge is 0.262 e. The first-order chi connectivity index (χ1) is 14.6. The number of methoxy groups -OCH3 is 1. The van der Waals surface area contributed by atoms with Crippen molar-refractivity contribution < 1.29 is 17.9 Å². The molecule has 0 aliphatic rings. The van der Waals surface area contributed by atoms with Crippen molar-refractivity contribution in [3.63, 3.8) is 0 Å². The molecule has 0 radical (unpaired) electrons. The van der Waals surface area contributed by atoms with Gasteiger partial charge in [-0.3, -0.25) is 9.52 Å². The molecule has 0 saturated carbocycles. The lowest BCUT2D eigenvalue weighted by molar-refractivity contribution is 0.102. The summed E-state index contributed by atoms with van der Waals surface area (Å²) in [4.78, 5) is 12.8. The van der Waals surface area contributed by atoms with Gasteiger partial charge >= 0.3 is 0 Å². The Kier molecular flexibility index (Phi) is 6.57. The van der Waals surface area contributed by atoms with E-state index < -0.39 is 15.9 Å². The highest BCUT2D eigenvalue weighted by Crippen LogP contribution is 2.28. The monoisotopic (exact) mass is 458 g/mol. The van der Waals surface area contributed by atoms with Crippen molar-refractivity contribution in [2.24, 2.45) is 0 Å². The molecule has 8 heteroatoms. The second-order valence-corrected chi connectivity index (χ2v) is 9.32. The van der Waals surface area contributed by atoms with E-state index in [-0.39, 0.29) is 10.5 Å². The minimum absolute atomic E-state index is 0.0343. The van der Waals surface area contributed by atoms with Crippen LogP contribution in [0.25, 0.3) is 0 Å². The molecule has 0 heterocycles. The van der Waals surface area contributed by atoms with Crippen LogP contribution in [0.4, 0.5) is 11.4 Å². The Bertz CT molecular complexity index is 1240. The maximum absolute atomic E-state index is 13.0. The van der Waals surface area contributed by atoms with Crippen LogP contribution in [0, 0.1) is 20.8 Å². The number of hydrogen-bond acceptors (Lipinski definition) is 4. The number of carbonyl (C=O) groups is 1. The number of hydrogen-bond donors (Lipinski definition) is 2. The average Bonchev–Trinajstić information content (AvgIpc) is 2.67. The molecule has 3 aromatic carbocycles. The zero-order valence-corrected chi connectivity index (χ0v) is 19.2. The summed E-state index contributed by atoms with van der Waals surface area (Å²) >= 11 is 6.10. The molecule has 1 amide bonds. The van der Waals surface area contributed by atoms with Gasteiger partial charge in [-0.1, -0.05) is 23.7 Å². The minimum Gasteiger partial charge on any atom is -0.495 e. The van der Waals surface area contributed by atoms with Crippen LogP contribution in [0.5, 0.6) is 5.75 Å². The normalized spacial score (nSPS) is 11.1. The van der Waals surface area contributed by atoms with E-state index in [9.17, 15) is 13.2 Å². The lowest BCUT2D eigenvalue weighted by Gasteiger charge is -2.13. The van der Waals surface area contributed by atoms with Gasteiger partial charge in [0.15, 0.2) is 0 Å². The molecule has 0 atom stereocenters. The van der Waals surface area contributed by atoms with Crippen LogP contribution in [0.3, 0.4) is 0 Å². The molecular formula is C23H23ClN2O4S. The van der Waals surface area contributed by atoms with Crippen LogP contribution >= 0.6 is 11.6 Å². The van der Waals surface area contributed by atoms with Gasteiger partial charge < -0.3 is 10.1 Å². The summed E-state index contributed by atoms with van der Waals surface area (Å²) in [5, 5.41) is 3.07. The number of nitrogens with one attached hydrogen (secondary N) is 2. The van der Waals surface area contributed by atoms with E-state index >= 15 is 0 Å². The summed E-state index contributed by atoms with van der Waals surface area (Å²) in [6, 6.07) is 14.9. The molecule has 6 nitrogen and oxygen atoms in total. The van der Waals surface area contributed by atoms with Gasteiger partial charge in [0.05, 0.1) is 17.0 Å². The number of carbonyl (C=O) groups excluding carboxylic acids is 1. The van der Waals surface area contributed by atoms with E-state index in [2.05, 4.69) is 10.0 Å².